The molecule has 2 aliphatic rings. The summed E-state index contributed by atoms with van der Waals surface area (Å²) < 4.78 is 39.9. The SMILES string of the molecule is Cn1c(C(F)(F)F)nn(C2CCN(CC(=O)C3CC3)CC2)c1=O. The first-order valence-corrected chi connectivity index (χ1v) is 7.75. The summed E-state index contributed by atoms with van der Waals surface area (Å²) in [6.07, 6.45) is -1.66. The van der Waals surface area contributed by atoms with Gasteiger partial charge in [-0.15, -0.1) is 5.10 Å². The van der Waals surface area contributed by atoms with E-state index >= 15 is 0 Å². The number of carbonyl (C=O) groups excluding carboxylic acids is 1. The predicted molar refractivity (Wildman–Crippen MR) is 74.9 cm³/mol. The van der Waals surface area contributed by atoms with Crippen molar-refractivity contribution in [2.45, 2.75) is 37.9 Å². The highest BCUT2D eigenvalue weighted by molar-refractivity contribution is 5.84. The van der Waals surface area contributed by atoms with Crippen LogP contribution in [0, 0.1) is 5.92 Å². The topological polar surface area (TPSA) is 60.1 Å². The minimum atomic E-state index is -4.64. The van der Waals surface area contributed by atoms with Gasteiger partial charge in [-0.3, -0.25) is 14.3 Å². The molecule has 6 nitrogen and oxygen atoms in total. The first-order valence-electron chi connectivity index (χ1n) is 7.75. The second-order valence-electron chi connectivity index (χ2n) is 6.36. The predicted octanol–water partition coefficient (Wildman–Crippen LogP) is 1.22. The van der Waals surface area contributed by atoms with Crippen LogP contribution in [0.1, 0.15) is 37.5 Å². The maximum atomic E-state index is 12.8. The lowest BCUT2D eigenvalue weighted by molar-refractivity contribution is -0.147. The van der Waals surface area contributed by atoms with Crippen LogP contribution in [0.25, 0.3) is 0 Å². The average Bonchev–Trinajstić information content (AvgIpc) is 3.27. The molecule has 1 aliphatic heterocycles. The molecule has 1 saturated heterocycles. The molecule has 0 atom stereocenters. The van der Waals surface area contributed by atoms with Crippen LogP contribution in [0.5, 0.6) is 0 Å². The lowest BCUT2D eigenvalue weighted by Crippen LogP contribution is -2.40. The number of halogens is 3. The molecule has 0 spiro atoms. The van der Waals surface area contributed by atoms with E-state index in [1.54, 1.807) is 0 Å². The molecule has 0 N–H and O–H groups in total. The fraction of sp³-hybridized carbons (Fsp3) is 0.786. The van der Waals surface area contributed by atoms with E-state index in [4.69, 9.17) is 0 Å². The van der Waals surface area contributed by atoms with Gasteiger partial charge in [-0.2, -0.15) is 13.2 Å². The van der Waals surface area contributed by atoms with Gasteiger partial charge in [0.25, 0.3) is 0 Å². The molecule has 9 heteroatoms. The minimum absolute atomic E-state index is 0.209. The van der Waals surface area contributed by atoms with Gasteiger partial charge in [0.15, 0.2) is 0 Å². The summed E-state index contributed by atoms with van der Waals surface area (Å²) in [6, 6.07) is -0.350. The molecule has 0 unspecified atom stereocenters. The molecule has 0 aromatic carbocycles. The molecule has 1 aromatic heterocycles. The Morgan fingerprint density at radius 1 is 1.22 bits per heavy atom. The van der Waals surface area contributed by atoms with Crippen LogP contribution in [-0.2, 0) is 18.0 Å². The Morgan fingerprint density at radius 2 is 1.83 bits per heavy atom. The second-order valence-corrected chi connectivity index (χ2v) is 6.36. The van der Waals surface area contributed by atoms with E-state index in [2.05, 4.69) is 5.10 Å². The highest BCUT2D eigenvalue weighted by atomic mass is 19.4. The van der Waals surface area contributed by atoms with Crippen LogP contribution in [0.2, 0.25) is 0 Å². The summed E-state index contributed by atoms with van der Waals surface area (Å²) in [6.45, 7) is 1.59. The van der Waals surface area contributed by atoms with E-state index in [-0.39, 0.29) is 17.7 Å². The number of hydrogen-bond donors (Lipinski definition) is 0. The standard InChI is InChI=1S/C14H19F3N4O2/c1-19-12(14(15,16)17)18-21(13(19)23)10-4-6-20(7-5-10)8-11(22)9-2-3-9/h9-10H,2-8H2,1H3. The normalized spacial score (nSPS) is 20.9. The van der Waals surface area contributed by atoms with Crippen molar-refractivity contribution in [2.75, 3.05) is 19.6 Å². The first-order chi connectivity index (χ1) is 10.8. The average molecular weight is 332 g/mol. The highest BCUT2D eigenvalue weighted by Gasteiger charge is 2.39. The Balaban J connectivity index is 1.65. The Morgan fingerprint density at radius 3 is 2.30 bits per heavy atom. The molecule has 3 rings (SSSR count). The Kier molecular flexibility index (Phi) is 4.07. The number of hydrogen-bond acceptors (Lipinski definition) is 4. The Bertz CT molecular complexity index is 652. The van der Waals surface area contributed by atoms with Crippen molar-refractivity contribution < 1.29 is 18.0 Å². The van der Waals surface area contributed by atoms with Gasteiger partial charge >= 0.3 is 11.9 Å². The highest BCUT2D eigenvalue weighted by Crippen LogP contribution is 2.31. The number of alkyl halides is 3. The molecule has 1 aliphatic carbocycles. The number of rotatable bonds is 4. The summed E-state index contributed by atoms with van der Waals surface area (Å²) in [4.78, 5) is 25.8. The van der Waals surface area contributed by atoms with Gasteiger partial charge in [0.1, 0.15) is 5.78 Å². The van der Waals surface area contributed by atoms with Crippen molar-refractivity contribution in [3.63, 3.8) is 0 Å². The maximum Gasteiger partial charge on any atom is 0.451 e. The van der Waals surface area contributed by atoms with Crippen molar-refractivity contribution in [1.82, 2.24) is 19.2 Å². The van der Waals surface area contributed by atoms with Gasteiger partial charge < -0.3 is 0 Å². The third kappa shape index (κ3) is 3.34. The van der Waals surface area contributed by atoms with E-state index in [9.17, 15) is 22.8 Å². The molecular formula is C14H19F3N4O2. The largest absolute Gasteiger partial charge is 0.451 e. The molecule has 1 saturated carbocycles. The van der Waals surface area contributed by atoms with Gasteiger partial charge in [0.05, 0.1) is 12.6 Å². The Hall–Kier alpha value is -1.64. The van der Waals surface area contributed by atoms with Crippen molar-refractivity contribution >= 4 is 5.78 Å². The number of piperidine rings is 1. The molecule has 2 fully saturated rings. The zero-order valence-corrected chi connectivity index (χ0v) is 12.8. The molecule has 0 amide bonds. The van der Waals surface area contributed by atoms with Gasteiger partial charge in [-0.1, -0.05) is 0 Å². The number of ketones is 1. The van der Waals surface area contributed by atoms with Crippen LogP contribution < -0.4 is 5.69 Å². The molecular weight excluding hydrogens is 313 g/mol. The fourth-order valence-corrected chi connectivity index (χ4v) is 3.02. The third-order valence-corrected chi connectivity index (χ3v) is 4.57. The summed E-state index contributed by atoms with van der Waals surface area (Å²) in [5, 5.41) is 3.49. The Labute approximate surface area is 130 Å². The molecule has 1 aromatic rings. The summed E-state index contributed by atoms with van der Waals surface area (Å²) in [7, 11) is 1.08. The van der Waals surface area contributed by atoms with Gasteiger partial charge in [-0.25, -0.2) is 9.48 Å². The minimum Gasteiger partial charge on any atom is -0.298 e. The monoisotopic (exact) mass is 332 g/mol. The van der Waals surface area contributed by atoms with Crippen molar-refractivity contribution in [3.05, 3.63) is 16.3 Å². The van der Waals surface area contributed by atoms with Crippen molar-refractivity contribution in [1.29, 1.82) is 0 Å². The zero-order valence-electron chi connectivity index (χ0n) is 12.8. The quantitative estimate of drug-likeness (QED) is 0.832. The van der Waals surface area contributed by atoms with E-state index in [1.165, 1.54) is 0 Å². The van der Waals surface area contributed by atoms with Gasteiger partial charge in [0, 0.05) is 26.1 Å². The van der Waals surface area contributed by atoms with Gasteiger partial charge in [-0.05, 0) is 25.7 Å². The molecule has 128 valence electrons. The molecule has 0 bridgehead atoms. The molecule has 2 heterocycles. The smallest absolute Gasteiger partial charge is 0.298 e. The van der Waals surface area contributed by atoms with E-state index in [0.717, 1.165) is 24.6 Å². The van der Waals surface area contributed by atoms with E-state index in [1.807, 2.05) is 4.90 Å². The molecule has 23 heavy (non-hydrogen) atoms. The summed E-state index contributed by atoms with van der Waals surface area (Å²) in [5.74, 6) is -0.716. The molecule has 0 radical (unpaired) electrons. The van der Waals surface area contributed by atoms with Gasteiger partial charge in [0.2, 0.25) is 5.82 Å². The van der Waals surface area contributed by atoms with Crippen molar-refractivity contribution in [3.8, 4) is 0 Å². The lowest BCUT2D eigenvalue weighted by atomic mass is 10.0. The summed E-state index contributed by atoms with van der Waals surface area (Å²) in [5.41, 5.74) is -0.746. The van der Waals surface area contributed by atoms with E-state index in [0.29, 0.717) is 37.0 Å². The van der Waals surface area contributed by atoms with Crippen LogP contribution in [0.15, 0.2) is 4.79 Å². The van der Waals surface area contributed by atoms with Crippen molar-refractivity contribution in [2.24, 2.45) is 13.0 Å². The number of carbonyl (C=O) groups is 1. The summed E-state index contributed by atoms with van der Waals surface area (Å²) >= 11 is 0. The first kappa shape index (κ1) is 16.2. The van der Waals surface area contributed by atoms with Crippen LogP contribution >= 0.6 is 0 Å². The fourth-order valence-electron chi connectivity index (χ4n) is 3.02. The number of likely N-dealkylation sites (tertiary alicyclic amines) is 1. The van der Waals surface area contributed by atoms with Crippen LogP contribution in [0.3, 0.4) is 0 Å². The number of nitrogens with zero attached hydrogens (tertiary/aromatic N) is 4. The number of Topliss-reactive ketones (excluding diaryl/α,β-unsaturated/α-hetero) is 1. The van der Waals surface area contributed by atoms with Crippen LogP contribution in [-0.4, -0.2) is 44.7 Å². The third-order valence-electron chi connectivity index (χ3n) is 4.57. The lowest BCUT2D eigenvalue weighted by Gasteiger charge is -2.31. The van der Waals surface area contributed by atoms with Crippen LogP contribution in [0.4, 0.5) is 13.2 Å². The van der Waals surface area contributed by atoms with E-state index < -0.39 is 17.7 Å². The zero-order chi connectivity index (χ0) is 16.8. The second kappa shape index (κ2) is 5.77. The maximum absolute atomic E-state index is 12.8. The number of aromatic nitrogens is 3.